The molecule has 1 rings (SSSR count). The van der Waals surface area contributed by atoms with Gasteiger partial charge in [-0.05, 0) is 13.8 Å². The molecule has 16 heavy (non-hydrogen) atoms. The minimum absolute atomic E-state index is 0.206. The van der Waals surface area contributed by atoms with Crippen LogP contribution in [0.25, 0.3) is 0 Å². The van der Waals surface area contributed by atoms with E-state index >= 15 is 0 Å². The van der Waals surface area contributed by atoms with Gasteiger partial charge >= 0.3 is 0 Å². The molecule has 6 heteroatoms. The molecule has 1 aromatic rings. The van der Waals surface area contributed by atoms with Gasteiger partial charge in [0, 0.05) is 12.7 Å². The molecule has 0 aliphatic carbocycles. The van der Waals surface area contributed by atoms with Gasteiger partial charge in [-0.25, -0.2) is 4.98 Å². The zero-order valence-electron chi connectivity index (χ0n) is 9.30. The lowest BCUT2D eigenvalue weighted by atomic mass is 10.3. The molecule has 0 aromatic carbocycles. The largest absolute Gasteiger partial charge is 0.392 e. The molecule has 0 atom stereocenters. The third kappa shape index (κ3) is 3.23. The molecule has 86 valence electrons. The zero-order valence-corrected chi connectivity index (χ0v) is 10.1. The Morgan fingerprint density at radius 1 is 1.50 bits per heavy atom. The lowest BCUT2D eigenvalue weighted by Crippen LogP contribution is -2.37. The van der Waals surface area contributed by atoms with E-state index in [0.29, 0.717) is 12.2 Å². The van der Waals surface area contributed by atoms with Crippen LogP contribution in [-0.2, 0) is 0 Å². The van der Waals surface area contributed by atoms with Crippen molar-refractivity contribution >= 4 is 23.1 Å². The number of nitrogens with zero attached hydrogens (tertiary/aromatic N) is 3. The van der Waals surface area contributed by atoms with Crippen LogP contribution >= 0.6 is 12.2 Å². The highest BCUT2D eigenvalue weighted by molar-refractivity contribution is 7.80. The fourth-order valence-corrected chi connectivity index (χ4v) is 1.34. The molecule has 0 aliphatic rings. The van der Waals surface area contributed by atoms with Crippen molar-refractivity contribution in [2.24, 2.45) is 5.73 Å². The average molecular weight is 238 g/mol. The van der Waals surface area contributed by atoms with Crippen LogP contribution in [0.1, 0.15) is 23.1 Å². The number of amides is 1. The van der Waals surface area contributed by atoms with Gasteiger partial charge in [0.2, 0.25) is 0 Å². The number of thiocarbonyl (C=S) groups is 1. The minimum atomic E-state index is -0.206. The van der Waals surface area contributed by atoms with Gasteiger partial charge in [0.15, 0.2) is 0 Å². The second-order valence-electron chi connectivity index (χ2n) is 3.33. The molecule has 0 bridgehead atoms. The lowest BCUT2D eigenvalue weighted by molar-refractivity contribution is 0.0781. The van der Waals surface area contributed by atoms with Crippen LogP contribution in [0.15, 0.2) is 12.4 Å². The number of hydrogen-bond donors (Lipinski definition) is 1. The molecule has 1 aromatic heterocycles. The zero-order chi connectivity index (χ0) is 12.1. The molecule has 2 N–H and O–H groups in total. The summed E-state index contributed by atoms with van der Waals surface area (Å²) < 4.78 is 0. The van der Waals surface area contributed by atoms with Gasteiger partial charge in [0.1, 0.15) is 5.69 Å². The number of nitrogens with two attached hydrogens (primary N) is 1. The molecular weight excluding hydrogens is 224 g/mol. The Kier molecular flexibility index (Phi) is 4.30. The van der Waals surface area contributed by atoms with E-state index in [1.54, 1.807) is 6.20 Å². The van der Waals surface area contributed by atoms with Crippen LogP contribution in [-0.4, -0.2) is 38.9 Å². The Bertz CT molecular complexity index is 390. The SMILES string of the molecule is CCN(CC(N)=S)C(=O)c1cnc(C)cn1. The van der Waals surface area contributed by atoms with E-state index in [1.807, 2.05) is 13.8 Å². The standard InChI is InChI=1S/C10H14N4OS/c1-3-14(6-9(11)16)10(15)8-5-12-7(2)4-13-8/h4-5H,3,6H2,1-2H3,(H2,11,16). The summed E-state index contributed by atoms with van der Waals surface area (Å²) in [5.74, 6) is -0.206. The number of carbonyl (C=O) groups is 1. The fourth-order valence-electron chi connectivity index (χ4n) is 1.18. The van der Waals surface area contributed by atoms with Gasteiger partial charge in [-0.15, -0.1) is 0 Å². The van der Waals surface area contributed by atoms with Gasteiger partial charge in [-0.1, -0.05) is 12.2 Å². The Hall–Kier alpha value is -1.56. The predicted molar refractivity (Wildman–Crippen MR) is 65.1 cm³/mol. The maximum atomic E-state index is 11.9. The number of carbonyl (C=O) groups excluding carboxylic acids is 1. The van der Waals surface area contributed by atoms with E-state index in [0.717, 1.165) is 5.69 Å². The van der Waals surface area contributed by atoms with Crippen molar-refractivity contribution in [3.63, 3.8) is 0 Å². The number of rotatable bonds is 4. The summed E-state index contributed by atoms with van der Waals surface area (Å²) in [7, 11) is 0. The van der Waals surface area contributed by atoms with Gasteiger partial charge in [-0.2, -0.15) is 0 Å². The van der Waals surface area contributed by atoms with Crippen molar-refractivity contribution in [2.45, 2.75) is 13.8 Å². The van der Waals surface area contributed by atoms with Gasteiger partial charge in [0.25, 0.3) is 5.91 Å². The van der Waals surface area contributed by atoms with Crippen LogP contribution in [0.2, 0.25) is 0 Å². The summed E-state index contributed by atoms with van der Waals surface area (Å²) >= 11 is 4.78. The van der Waals surface area contributed by atoms with Crippen molar-refractivity contribution in [2.75, 3.05) is 13.1 Å². The number of likely N-dealkylation sites (N-methyl/N-ethyl adjacent to an activating group) is 1. The third-order valence-electron chi connectivity index (χ3n) is 2.02. The Balaban J connectivity index is 2.82. The first-order valence-electron chi connectivity index (χ1n) is 4.90. The number of aromatic nitrogens is 2. The van der Waals surface area contributed by atoms with E-state index in [-0.39, 0.29) is 17.4 Å². The maximum Gasteiger partial charge on any atom is 0.274 e. The van der Waals surface area contributed by atoms with Crippen molar-refractivity contribution < 1.29 is 4.79 Å². The highest BCUT2D eigenvalue weighted by Gasteiger charge is 2.16. The third-order valence-corrected chi connectivity index (χ3v) is 2.14. The maximum absolute atomic E-state index is 11.9. The summed E-state index contributed by atoms with van der Waals surface area (Å²) in [5.41, 5.74) is 6.49. The molecule has 0 spiro atoms. The highest BCUT2D eigenvalue weighted by atomic mass is 32.1. The van der Waals surface area contributed by atoms with Gasteiger partial charge in [-0.3, -0.25) is 9.78 Å². The first-order chi connectivity index (χ1) is 7.54. The Morgan fingerprint density at radius 2 is 2.19 bits per heavy atom. The summed E-state index contributed by atoms with van der Waals surface area (Å²) in [6, 6.07) is 0. The molecule has 1 heterocycles. The van der Waals surface area contributed by atoms with Crippen molar-refractivity contribution in [3.05, 3.63) is 23.8 Å². The first kappa shape index (κ1) is 12.5. The Labute approximate surface area is 99.7 Å². The van der Waals surface area contributed by atoms with E-state index < -0.39 is 0 Å². The smallest absolute Gasteiger partial charge is 0.274 e. The first-order valence-corrected chi connectivity index (χ1v) is 5.31. The van der Waals surface area contributed by atoms with Crippen molar-refractivity contribution in [1.29, 1.82) is 0 Å². The van der Waals surface area contributed by atoms with Crippen molar-refractivity contribution in [1.82, 2.24) is 14.9 Å². The highest BCUT2D eigenvalue weighted by Crippen LogP contribution is 2.01. The molecule has 0 saturated carbocycles. The molecule has 5 nitrogen and oxygen atoms in total. The van der Waals surface area contributed by atoms with Crippen LogP contribution < -0.4 is 5.73 Å². The minimum Gasteiger partial charge on any atom is -0.392 e. The second-order valence-corrected chi connectivity index (χ2v) is 3.85. The summed E-state index contributed by atoms with van der Waals surface area (Å²) in [6.07, 6.45) is 3.02. The molecule has 0 saturated heterocycles. The quantitative estimate of drug-likeness (QED) is 0.775. The van der Waals surface area contributed by atoms with E-state index in [2.05, 4.69) is 9.97 Å². The number of hydrogen-bond acceptors (Lipinski definition) is 4. The van der Waals surface area contributed by atoms with Gasteiger partial charge < -0.3 is 10.6 Å². The van der Waals surface area contributed by atoms with Crippen molar-refractivity contribution in [3.8, 4) is 0 Å². The van der Waals surface area contributed by atoms with E-state index in [9.17, 15) is 4.79 Å². The molecule has 0 fully saturated rings. The van der Waals surface area contributed by atoms with Crippen LogP contribution in [0.3, 0.4) is 0 Å². The molecule has 0 radical (unpaired) electrons. The summed E-state index contributed by atoms with van der Waals surface area (Å²) in [4.78, 5) is 21.8. The number of aryl methyl sites for hydroxylation is 1. The van der Waals surface area contributed by atoms with Crippen LogP contribution in [0.4, 0.5) is 0 Å². The van der Waals surface area contributed by atoms with Gasteiger partial charge in [0.05, 0.1) is 23.4 Å². The average Bonchev–Trinajstić information content (AvgIpc) is 2.25. The summed E-state index contributed by atoms with van der Waals surface area (Å²) in [5, 5.41) is 0. The monoisotopic (exact) mass is 238 g/mol. The summed E-state index contributed by atoms with van der Waals surface area (Å²) in [6.45, 7) is 4.47. The lowest BCUT2D eigenvalue weighted by Gasteiger charge is -2.19. The predicted octanol–water partition coefficient (Wildman–Crippen LogP) is 0.533. The normalized spacial score (nSPS) is 9.88. The fraction of sp³-hybridized carbons (Fsp3) is 0.400. The Morgan fingerprint density at radius 3 is 2.62 bits per heavy atom. The van der Waals surface area contributed by atoms with Crippen LogP contribution in [0, 0.1) is 6.92 Å². The van der Waals surface area contributed by atoms with E-state index in [1.165, 1.54) is 11.1 Å². The molecule has 0 aliphatic heterocycles. The molecule has 0 unspecified atom stereocenters. The topological polar surface area (TPSA) is 72.1 Å². The van der Waals surface area contributed by atoms with E-state index in [4.69, 9.17) is 18.0 Å². The second kappa shape index (κ2) is 5.50. The molecular formula is C10H14N4OS. The van der Waals surface area contributed by atoms with Crippen LogP contribution in [0.5, 0.6) is 0 Å². The molecule has 1 amide bonds.